The molecule has 0 radical (unpaired) electrons. The maximum atomic E-state index is 11.5. The Morgan fingerprint density at radius 1 is 1.19 bits per heavy atom. The van der Waals surface area contributed by atoms with Gasteiger partial charge in [-0.05, 0) is 38.3 Å². The molecule has 0 spiro atoms. The number of hydrogen-bond acceptors (Lipinski definition) is 2. The monoisotopic (exact) mass is 220 g/mol. The van der Waals surface area contributed by atoms with E-state index >= 15 is 0 Å². The number of hydrogen-bond donors (Lipinski definition) is 0. The molecule has 0 aromatic heterocycles. The molecule has 0 saturated carbocycles. The van der Waals surface area contributed by atoms with Crippen LogP contribution in [0.5, 0.6) is 5.75 Å². The number of rotatable bonds is 4. The Morgan fingerprint density at radius 3 is 2.25 bits per heavy atom. The van der Waals surface area contributed by atoms with Gasteiger partial charge in [0.15, 0.2) is 0 Å². The van der Waals surface area contributed by atoms with Crippen LogP contribution in [0.1, 0.15) is 42.9 Å². The number of carbonyl (C=O) groups is 1. The lowest BCUT2D eigenvalue weighted by atomic mass is 10.1. The van der Waals surface area contributed by atoms with Crippen LogP contribution in [0.15, 0.2) is 12.1 Å². The summed E-state index contributed by atoms with van der Waals surface area (Å²) in [7, 11) is 0. The fourth-order valence-corrected chi connectivity index (χ4v) is 1.81. The van der Waals surface area contributed by atoms with Crippen LogP contribution in [0.25, 0.3) is 0 Å². The van der Waals surface area contributed by atoms with E-state index in [-0.39, 0.29) is 5.97 Å². The van der Waals surface area contributed by atoms with Gasteiger partial charge in [0.25, 0.3) is 0 Å². The highest BCUT2D eigenvalue weighted by Gasteiger charge is 2.09. The summed E-state index contributed by atoms with van der Waals surface area (Å²) >= 11 is 0. The quantitative estimate of drug-likeness (QED) is 0.571. The Balaban J connectivity index is 2.77. The van der Waals surface area contributed by atoms with Crippen LogP contribution in [0, 0.1) is 20.8 Å². The topological polar surface area (TPSA) is 26.3 Å². The van der Waals surface area contributed by atoms with Gasteiger partial charge in [-0.2, -0.15) is 0 Å². The lowest BCUT2D eigenvalue weighted by Crippen LogP contribution is -2.09. The second-order valence-electron chi connectivity index (χ2n) is 4.31. The lowest BCUT2D eigenvalue weighted by molar-refractivity contribution is -0.134. The Morgan fingerprint density at radius 2 is 1.75 bits per heavy atom. The van der Waals surface area contributed by atoms with E-state index in [2.05, 4.69) is 6.92 Å². The standard InChI is InChI=1S/C14H20O2/c1-5-6-7-13(15)16-14-11(3)8-10(2)9-12(14)4/h8-9H,5-7H2,1-4H3. The third kappa shape index (κ3) is 3.37. The van der Waals surface area contributed by atoms with Crippen molar-refractivity contribution in [3.63, 3.8) is 0 Å². The van der Waals surface area contributed by atoms with Crippen LogP contribution in [0.4, 0.5) is 0 Å². The van der Waals surface area contributed by atoms with Gasteiger partial charge >= 0.3 is 5.97 Å². The maximum Gasteiger partial charge on any atom is 0.311 e. The van der Waals surface area contributed by atoms with Crippen molar-refractivity contribution in [2.75, 3.05) is 0 Å². The Kier molecular flexibility index (Phi) is 4.53. The highest BCUT2D eigenvalue weighted by atomic mass is 16.5. The van der Waals surface area contributed by atoms with Gasteiger partial charge in [0.05, 0.1) is 0 Å². The first-order valence-corrected chi connectivity index (χ1v) is 5.83. The molecular formula is C14H20O2. The molecule has 0 aliphatic heterocycles. The number of esters is 1. The average Bonchev–Trinajstić information content (AvgIpc) is 2.20. The summed E-state index contributed by atoms with van der Waals surface area (Å²) in [5.74, 6) is 0.601. The minimum atomic E-state index is -0.128. The summed E-state index contributed by atoms with van der Waals surface area (Å²) < 4.78 is 5.39. The van der Waals surface area contributed by atoms with Crippen molar-refractivity contribution in [2.24, 2.45) is 0 Å². The molecule has 0 aliphatic rings. The van der Waals surface area contributed by atoms with Crippen molar-refractivity contribution in [2.45, 2.75) is 47.0 Å². The molecule has 0 fully saturated rings. The summed E-state index contributed by atoms with van der Waals surface area (Å²) in [4.78, 5) is 11.5. The molecular weight excluding hydrogens is 200 g/mol. The number of ether oxygens (including phenoxy) is 1. The molecule has 0 atom stereocenters. The summed E-state index contributed by atoms with van der Waals surface area (Å²) in [6.45, 7) is 8.06. The van der Waals surface area contributed by atoms with Gasteiger partial charge in [0.2, 0.25) is 0 Å². The van der Waals surface area contributed by atoms with E-state index in [1.165, 1.54) is 5.56 Å². The highest BCUT2D eigenvalue weighted by Crippen LogP contribution is 2.25. The number of carbonyl (C=O) groups excluding carboxylic acids is 1. The lowest BCUT2D eigenvalue weighted by Gasteiger charge is -2.11. The van der Waals surface area contributed by atoms with Gasteiger partial charge in [-0.25, -0.2) is 0 Å². The van der Waals surface area contributed by atoms with Crippen LogP contribution < -0.4 is 4.74 Å². The molecule has 1 aromatic rings. The molecule has 0 N–H and O–H groups in total. The normalized spacial score (nSPS) is 10.2. The van der Waals surface area contributed by atoms with E-state index in [0.717, 1.165) is 29.7 Å². The van der Waals surface area contributed by atoms with Crippen molar-refractivity contribution in [3.8, 4) is 5.75 Å². The molecule has 16 heavy (non-hydrogen) atoms. The second-order valence-corrected chi connectivity index (χ2v) is 4.31. The molecule has 0 unspecified atom stereocenters. The first-order valence-electron chi connectivity index (χ1n) is 5.83. The van der Waals surface area contributed by atoms with Gasteiger partial charge in [-0.3, -0.25) is 4.79 Å². The minimum absolute atomic E-state index is 0.128. The summed E-state index contributed by atoms with van der Waals surface area (Å²) in [6.07, 6.45) is 2.41. The minimum Gasteiger partial charge on any atom is -0.426 e. The van der Waals surface area contributed by atoms with Gasteiger partial charge in [0, 0.05) is 6.42 Å². The zero-order valence-electron chi connectivity index (χ0n) is 10.6. The van der Waals surface area contributed by atoms with Crippen LogP contribution in [0.2, 0.25) is 0 Å². The fraction of sp³-hybridized carbons (Fsp3) is 0.500. The van der Waals surface area contributed by atoms with Crippen molar-refractivity contribution >= 4 is 5.97 Å². The van der Waals surface area contributed by atoms with Crippen LogP contribution in [-0.2, 0) is 4.79 Å². The molecule has 2 nitrogen and oxygen atoms in total. The van der Waals surface area contributed by atoms with Crippen LogP contribution in [-0.4, -0.2) is 5.97 Å². The molecule has 88 valence electrons. The Hall–Kier alpha value is -1.31. The smallest absolute Gasteiger partial charge is 0.311 e. The summed E-state index contributed by atoms with van der Waals surface area (Å²) in [6, 6.07) is 4.07. The molecule has 2 heteroatoms. The molecule has 0 heterocycles. The fourth-order valence-electron chi connectivity index (χ4n) is 1.81. The van der Waals surface area contributed by atoms with E-state index < -0.39 is 0 Å². The van der Waals surface area contributed by atoms with Crippen molar-refractivity contribution in [1.29, 1.82) is 0 Å². The molecule has 0 bridgehead atoms. The Bertz CT molecular complexity index is 357. The van der Waals surface area contributed by atoms with Crippen molar-refractivity contribution < 1.29 is 9.53 Å². The van der Waals surface area contributed by atoms with Gasteiger partial charge < -0.3 is 4.74 Å². The average molecular weight is 220 g/mol. The van der Waals surface area contributed by atoms with E-state index in [1.54, 1.807) is 0 Å². The van der Waals surface area contributed by atoms with E-state index in [9.17, 15) is 4.79 Å². The number of unbranched alkanes of at least 4 members (excludes halogenated alkanes) is 1. The zero-order valence-corrected chi connectivity index (χ0v) is 10.6. The molecule has 0 saturated heterocycles. The first-order chi connectivity index (χ1) is 7.54. The molecule has 0 aliphatic carbocycles. The van der Waals surface area contributed by atoms with E-state index in [4.69, 9.17) is 4.74 Å². The zero-order chi connectivity index (χ0) is 12.1. The third-order valence-electron chi connectivity index (χ3n) is 2.56. The summed E-state index contributed by atoms with van der Waals surface area (Å²) in [5, 5.41) is 0. The number of aryl methyl sites for hydroxylation is 3. The van der Waals surface area contributed by atoms with Gasteiger partial charge in [0.1, 0.15) is 5.75 Å². The summed E-state index contributed by atoms with van der Waals surface area (Å²) in [5.41, 5.74) is 3.26. The highest BCUT2D eigenvalue weighted by molar-refractivity contribution is 5.73. The Labute approximate surface area is 97.6 Å². The first kappa shape index (κ1) is 12.8. The van der Waals surface area contributed by atoms with Gasteiger partial charge in [-0.15, -0.1) is 0 Å². The predicted octanol–water partition coefficient (Wildman–Crippen LogP) is 3.71. The van der Waals surface area contributed by atoms with Gasteiger partial charge in [-0.1, -0.05) is 31.0 Å². The molecule has 1 rings (SSSR count). The largest absolute Gasteiger partial charge is 0.426 e. The third-order valence-corrected chi connectivity index (χ3v) is 2.56. The molecule has 0 amide bonds. The SMILES string of the molecule is CCCCC(=O)Oc1c(C)cc(C)cc1C. The van der Waals surface area contributed by atoms with E-state index in [0.29, 0.717) is 6.42 Å². The predicted molar refractivity (Wildman–Crippen MR) is 65.8 cm³/mol. The second kappa shape index (κ2) is 5.69. The van der Waals surface area contributed by atoms with Crippen molar-refractivity contribution in [1.82, 2.24) is 0 Å². The van der Waals surface area contributed by atoms with Crippen LogP contribution >= 0.6 is 0 Å². The molecule has 1 aromatic carbocycles. The van der Waals surface area contributed by atoms with Crippen LogP contribution in [0.3, 0.4) is 0 Å². The van der Waals surface area contributed by atoms with Crippen molar-refractivity contribution in [3.05, 3.63) is 28.8 Å². The van der Waals surface area contributed by atoms with E-state index in [1.807, 2.05) is 32.9 Å². The maximum absolute atomic E-state index is 11.5. The number of benzene rings is 1.